The van der Waals surface area contributed by atoms with Crippen molar-refractivity contribution < 1.29 is 0 Å². The van der Waals surface area contributed by atoms with Gasteiger partial charge in [-0.1, -0.05) is 81.7 Å². The van der Waals surface area contributed by atoms with Gasteiger partial charge in [0.1, 0.15) is 0 Å². The molecule has 0 amide bonds. The molecule has 21 heavy (non-hydrogen) atoms. The van der Waals surface area contributed by atoms with Gasteiger partial charge in [0.2, 0.25) is 0 Å². The molecular weight excluding hydrogens is 254 g/mol. The van der Waals surface area contributed by atoms with Crippen molar-refractivity contribution in [3.63, 3.8) is 0 Å². The first-order chi connectivity index (χ1) is 10.1. The fourth-order valence-corrected chi connectivity index (χ4v) is 2.40. The molecule has 0 rings (SSSR count). The van der Waals surface area contributed by atoms with Crippen molar-refractivity contribution in [2.75, 3.05) is 0 Å². The number of nitrogens with two attached hydrogens (primary N) is 1. The van der Waals surface area contributed by atoms with Crippen LogP contribution in [-0.4, -0.2) is 6.04 Å². The Morgan fingerprint density at radius 2 is 1.10 bits per heavy atom. The summed E-state index contributed by atoms with van der Waals surface area (Å²) in [7, 11) is 0. The summed E-state index contributed by atoms with van der Waals surface area (Å²) in [6, 6.07) is 0.377. The van der Waals surface area contributed by atoms with Crippen molar-refractivity contribution in [3.8, 4) is 0 Å². The number of hydrogen-bond acceptors (Lipinski definition) is 1. The third kappa shape index (κ3) is 13.7. The summed E-state index contributed by atoms with van der Waals surface area (Å²) in [6.07, 6.45) is 17.0. The summed E-state index contributed by atoms with van der Waals surface area (Å²) in [6.45, 7) is 15.3. The van der Waals surface area contributed by atoms with E-state index in [0.29, 0.717) is 6.04 Å². The van der Waals surface area contributed by atoms with E-state index < -0.39 is 0 Å². The predicted molar refractivity (Wildman–Crippen MR) is 97.4 cm³/mol. The van der Waals surface area contributed by atoms with E-state index in [9.17, 15) is 0 Å². The van der Waals surface area contributed by atoms with Gasteiger partial charge in [-0.2, -0.15) is 0 Å². The second-order valence-corrected chi connectivity index (χ2v) is 6.04. The van der Waals surface area contributed by atoms with Crippen molar-refractivity contribution in [3.05, 3.63) is 49.6 Å². The molecule has 0 aliphatic rings. The molecule has 0 aromatic rings. The average molecular weight is 290 g/mol. The highest BCUT2D eigenvalue weighted by Crippen LogP contribution is 2.14. The third-order valence-electron chi connectivity index (χ3n) is 3.97. The number of rotatable bonds is 15. The van der Waals surface area contributed by atoms with E-state index in [1.54, 1.807) is 0 Å². The summed E-state index contributed by atoms with van der Waals surface area (Å²) >= 11 is 0. The highest BCUT2D eigenvalue weighted by Gasteiger charge is 2.02. The van der Waals surface area contributed by atoms with Gasteiger partial charge in [-0.3, -0.25) is 0 Å². The van der Waals surface area contributed by atoms with Gasteiger partial charge in [0.25, 0.3) is 0 Å². The Morgan fingerprint density at radius 1 is 0.714 bits per heavy atom. The molecule has 0 aliphatic heterocycles. The topological polar surface area (TPSA) is 26.0 Å². The molecule has 1 heteroatoms. The zero-order chi connectivity index (χ0) is 15.9. The molecule has 0 saturated heterocycles. The molecule has 1 unspecified atom stereocenters. The van der Waals surface area contributed by atoms with E-state index in [-0.39, 0.29) is 0 Å². The quantitative estimate of drug-likeness (QED) is 0.286. The van der Waals surface area contributed by atoms with Crippen LogP contribution in [0.5, 0.6) is 0 Å². The fraction of sp³-hybridized carbons (Fsp3) is 0.600. The largest absolute Gasteiger partial charge is 0.328 e. The van der Waals surface area contributed by atoms with Gasteiger partial charge in [-0.05, 0) is 38.5 Å². The minimum atomic E-state index is 0.377. The van der Waals surface area contributed by atoms with Gasteiger partial charge in [0.05, 0.1) is 0 Å². The van der Waals surface area contributed by atoms with Gasteiger partial charge in [0.15, 0.2) is 0 Å². The lowest BCUT2D eigenvalue weighted by Gasteiger charge is -2.11. The van der Waals surface area contributed by atoms with Crippen LogP contribution in [0.1, 0.15) is 70.6 Å². The van der Waals surface area contributed by atoms with Crippen LogP contribution in [0, 0.1) is 0 Å². The number of unbranched alkanes of at least 4 members (excludes halogenated alkanes) is 5. The highest BCUT2D eigenvalue weighted by atomic mass is 14.6. The SMILES string of the molecule is C=CC(=C)CCCCCCCC(N)CCCCC(=C)C=C. The summed E-state index contributed by atoms with van der Waals surface area (Å²) in [5.41, 5.74) is 8.46. The van der Waals surface area contributed by atoms with Crippen LogP contribution in [0.25, 0.3) is 0 Å². The molecule has 2 N–H and O–H groups in total. The Bertz CT molecular complexity index is 314. The molecule has 0 spiro atoms. The van der Waals surface area contributed by atoms with Gasteiger partial charge in [-0.15, -0.1) is 0 Å². The minimum Gasteiger partial charge on any atom is -0.328 e. The van der Waals surface area contributed by atoms with Gasteiger partial charge >= 0.3 is 0 Å². The first-order valence-electron chi connectivity index (χ1n) is 8.46. The molecular formula is C20H35N. The molecule has 0 radical (unpaired) electrons. The lowest BCUT2D eigenvalue weighted by molar-refractivity contribution is 0.494. The van der Waals surface area contributed by atoms with E-state index in [4.69, 9.17) is 5.73 Å². The van der Waals surface area contributed by atoms with Crippen LogP contribution < -0.4 is 5.73 Å². The second kappa shape index (κ2) is 13.9. The van der Waals surface area contributed by atoms with E-state index in [0.717, 1.165) is 30.4 Å². The van der Waals surface area contributed by atoms with Crippen LogP contribution in [0.15, 0.2) is 49.6 Å². The fourth-order valence-electron chi connectivity index (χ4n) is 2.40. The van der Waals surface area contributed by atoms with Crippen molar-refractivity contribution in [2.45, 2.75) is 76.7 Å². The Kier molecular flexibility index (Phi) is 13.2. The molecule has 0 heterocycles. The molecule has 0 aliphatic carbocycles. The smallest absolute Gasteiger partial charge is 0.00388 e. The lowest BCUT2D eigenvalue weighted by atomic mass is 10.0. The second-order valence-electron chi connectivity index (χ2n) is 6.04. The van der Waals surface area contributed by atoms with Crippen LogP contribution in [-0.2, 0) is 0 Å². The summed E-state index contributed by atoms with van der Waals surface area (Å²) in [5.74, 6) is 0. The van der Waals surface area contributed by atoms with Crippen molar-refractivity contribution in [2.24, 2.45) is 5.73 Å². The maximum absolute atomic E-state index is 6.16. The standard InChI is InChI=1S/C20H35N/c1-5-18(3)14-10-8-7-9-11-16-20(21)17-13-12-15-19(4)6-2/h5-6,20H,1-4,7-17,21H2. The summed E-state index contributed by atoms with van der Waals surface area (Å²) < 4.78 is 0. The first-order valence-corrected chi connectivity index (χ1v) is 8.46. The third-order valence-corrected chi connectivity index (χ3v) is 3.97. The maximum atomic E-state index is 6.16. The Labute approximate surface area is 132 Å². The zero-order valence-corrected chi connectivity index (χ0v) is 13.9. The molecule has 0 aromatic heterocycles. The van der Waals surface area contributed by atoms with Crippen molar-refractivity contribution >= 4 is 0 Å². The first kappa shape index (κ1) is 19.9. The molecule has 0 saturated carbocycles. The molecule has 1 nitrogen and oxygen atoms in total. The predicted octanol–water partition coefficient (Wildman–Crippen LogP) is 6.09. The van der Waals surface area contributed by atoms with Crippen LogP contribution in [0.3, 0.4) is 0 Å². The summed E-state index contributed by atoms with van der Waals surface area (Å²) in [5, 5.41) is 0. The van der Waals surface area contributed by atoms with Crippen molar-refractivity contribution in [1.82, 2.24) is 0 Å². The monoisotopic (exact) mass is 289 g/mol. The van der Waals surface area contributed by atoms with Crippen molar-refractivity contribution in [1.29, 1.82) is 0 Å². The highest BCUT2D eigenvalue weighted by molar-refractivity contribution is 5.10. The molecule has 1 atom stereocenters. The number of hydrogen-bond donors (Lipinski definition) is 1. The van der Waals surface area contributed by atoms with Crippen LogP contribution in [0.2, 0.25) is 0 Å². The van der Waals surface area contributed by atoms with Gasteiger partial charge in [-0.25, -0.2) is 0 Å². The minimum absolute atomic E-state index is 0.377. The Balaban J connectivity index is 3.31. The summed E-state index contributed by atoms with van der Waals surface area (Å²) in [4.78, 5) is 0. The van der Waals surface area contributed by atoms with Crippen LogP contribution in [0.4, 0.5) is 0 Å². The Morgan fingerprint density at radius 3 is 1.62 bits per heavy atom. The molecule has 0 fully saturated rings. The van der Waals surface area contributed by atoms with Gasteiger partial charge in [0, 0.05) is 6.04 Å². The zero-order valence-electron chi connectivity index (χ0n) is 13.9. The maximum Gasteiger partial charge on any atom is 0.00388 e. The Hall–Kier alpha value is -1.08. The van der Waals surface area contributed by atoms with Gasteiger partial charge < -0.3 is 5.73 Å². The van der Waals surface area contributed by atoms with E-state index >= 15 is 0 Å². The van der Waals surface area contributed by atoms with E-state index in [1.165, 1.54) is 51.4 Å². The molecule has 120 valence electrons. The van der Waals surface area contributed by atoms with E-state index in [2.05, 4.69) is 26.3 Å². The lowest BCUT2D eigenvalue weighted by Crippen LogP contribution is -2.19. The molecule has 0 aromatic carbocycles. The molecule has 0 bridgehead atoms. The number of allylic oxidation sites excluding steroid dienone is 4. The average Bonchev–Trinajstić information content (AvgIpc) is 2.49. The van der Waals surface area contributed by atoms with E-state index in [1.807, 2.05) is 12.2 Å². The van der Waals surface area contributed by atoms with Crippen LogP contribution >= 0.6 is 0 Å². The normalized spacial score (nSPS) is 11.9.